The van der Waals surface area contributed by atoms with Crippen LogP contribution in [-0.4, -0.2) is 17.5 Å². The normalized spacial score (nSPS) is 11.2. The van der Waals surface area contributed by atoms with Gasteiger partial charge in [0.25, 0.3) is 5.82 Å². The molecule has 1 N–H and O–H groups in total. The fourth-order valence-electron chi connectivity index (χ4n) is 5.62. The van der Waals surface area contributed by atoms with Gasteiger partial charge in [-0.25, -0.2) is 4.98 Å². The van der Waals surface area contributed by atoms with Crippen LogP contribution in [-0.2, 0) is 17.8 Å². The Morgan fingerprint density at radius 2 is 1.49 bits per heavy atom. The largest absolute Gasteiger partial charge is 0.492 e. The number of unbranched alkanes of at least 4 members (excludes halogenated alkanes) is 11. The van der Waals surface area contributed by atoms with E-state index in [0.29, 0.717) is 23.9 Å². The average Bonchev–Trinajstić information content (AvgIpc) is 3.42. The molecule has 4 rings (SSSR count). The molecule has 0 aliphatic rings. The minimum atomic E-state index is -0.00687. The van der Waals surface area contributed by atoms with Gasteiger partial charge in [-0.2, -0.15) is 4.40 Å². The van der Waals surface area contributed by atoms with Crippen molar-refractivity contribution in [1.29, 1.82) is 0 Å². The maximum atomic E-state index is 12.7. The summed E-state index contributed by atoms with van der Waals surface area (Å²) in [6.45, 7) is 5.00. The first-order chi connectivity index (χ1) is 21.0. The van der Waals surface area contributed by atoms with Crippen molar-refractivity contribution in [3.63, 3.8) is 0 Å². The highest BCUT2D eigenvalue weighted by molar-refractivity contribution is 6.32. The van der Waals surface area contributed by atoms with Crippen molar-refractivity contribution in [1.82, 2.24) is 4.98 Å². The van der Waals surface area contributed by atoms with Crippen molar-refractivity contribution >= 4 is 28.7 Å². The third-order valence-corrected chi connectivity index (χ3v) is 8.47. The molecule has 0 aliphatic heterocycles. The van der Waals surface area contributed by atoms with Crippen molar-refractivity contribution in [2.24, 2.45) is 0 Å². The van der Waals surface area contributed by atoms with Gasteiger partial charge in [0.05, 0.1) is 30.8 Å². The minimum Gasteiger partial charge on any atom is -0.492 e. The summed E-state index contributed by atoms with van der Waals surface area (Å²) in [5, 5.41) is 0.608. The number of benzene rings is 2. The fraction of sp³-hybridized carbons (Fsp3) is 0.459. The second kappa shape index (κ2) is 17.7. The Balaban J connectivity index is 1.22. The SMILES string of the molecule is CCCCCCCCCCCCCCOc1cc(CN(C(C)=O)c2ccc(Cc3[nH]cc4cccc[n+]34)cc2)ccc1Cl. The summed E-state index contributed by atoms with van der Waals surface area (Å²) >= 11 is 6.47. The molecule has 0 unspecified atom stereocenters. The summed E-state index contributed by atoms with van der Waals surface area (Å²) in [5.74, 6) is 1.80. The molecule has 0 fully saturated rings. The van der Waals surface area contributed by atoms with E-state index < -0.39 is 0 Å². The zero-order valence-electron chi connectivity index (χ0n) is 26.1. The molecule has 0 saturated carbocycles. The lowest BCUT2D eigenvalue weighted by molar-refractivity contribution is -0.520. The van der Waals surface area contributed by atoms with Gasteiger partial charge in [0.15, 0.2) is 5.52 Å². The maximum Gasteiger partial charge on any atom is 0.263 e. The van der Waals surface area contributed by atoms with Crippen LogP contribution in [0, 0.1) is 0 Å². The van der Waals surface area contributed by atoms with Crippen LogP contribution in [0.1, 0.15) is 108 Å². The molecule has 0 saturated heterocycles. The van der Waals surface area contributed by atoms with Crippen LogP contribution in [0.3, 0.4) is 0 Å². The molecule has 4 aromatic rings. The quantitative estimate of drug-likeness (QED) is 0.0858. The first-order valence-corrected chi connectivity index (χ1v) is 16.7. The molecule has 1 amide bonds. The highest BCUT2D eigenvalue weighted by Gasteiger charge is 2.15. The lowest BCUT2D eigenvalue weighted by Crippen LogP contribution is -2.27. The van der Waals surface area contributed by atoms with Gasteiger partial charge in [0.1, 0.15) is 11.9 Å². The third kappa shape index (κ3) is 10.4. The molecule has 0 spiro atoms. The van der Waals surface area contributed by atoms with Gasteiger partial charge < -0.3 is 9.64 Å². The van der Waals surface area contributed by atoms with Crippen LogP contribution >= 0.6 is 11.6 Å². The number of aromatic amines is 1. The second-order valence-corrected chi connectivity index (χ2v) is 12.1. The Morgan fingerprint density at radius 3 is 2.16 bits per heavy atom. The van der Waals surface area contributed by atoms with E-state index in [4.69, 9.17) is 16.3 Å². The van der Waals surface area contributed by atoms with E-state index in [-0.39, 0.29) is 5.91 Å². The zero-order valence-corrected chi connectivity index (χ0v) is 26.9. The van der Waals surface area contributed by atoms with Crippen molar-refractivity contribution in [3.8, 4) is 5.75 Å². The summed E-state index contributed by atoms with van der Waals surface area (Å²) in [6.07, 6.45) is 20.7. The number of rotatable bonds is 19. The fourth-order valence-corrected chi connectivity index (χ4v) is 5.79. The first kappa shape index (κ1) is 32.6. The number of fused-ring (bicyclic) bond motifs is 1. The van der Waals surface area contributed by atoms with Crippen LogP contribution in [0.5, 0.6) is 5.75 Å². The van der Waals surface area contributed by atoms with Gasteiger partial charge >= 0.3 is 0 Å². The third-order valence-electron chi connectivity index (χ3n) is 8.16. The van der Waals surface area contributed by atoms with E-state index in [9.17, 15) is 4.79 Å². The molecule has 2 aromatic heterocycles. The van der Waals surface area contributed by atoms with Gasteiger partial charge in [-0.15, -0.1) is 0 Å². The Morgan fingerprint density at radius 1 is 0.837 bits per heavy atom. The molecule has 2 aromatic carbocycles. The summed E-state index contributed by atoms with van der Waals surface area (Å²) in [6, 6.07) is 20.2. The topological polar surface area (TPSA) is 49.4 Å². The number of halogens is 1. The Kier molecular flexibility index (Phi) is 13.4. The molecule has 5 nitrogen and oxygen atoms in total. The zero-order chi connectivity index (χ0) is 30.3. The number of aromatic nitrogens is 2. The molecule has 6 heteroatoms. The number of nitrogens with zero attached hydrogens (tertiary/aromatic N) is 2. The number of pyridine rings is 1. The first-order valence-electron chi connectivity index (χ1n) is 16.3. The summed E-state index contributed by atoms with van der Waals surface area (Å²) < 4.78 is 8.23. The Hall–Kier alpha value is -3.31. The Labute approximate surface area is 263 Å². The molecule has 0 bridgehead atoms. The van der Waals surface area contributed by atoms with Crippen molar-refractivity contribution in [3.05, 3.63) is 95.0 Å². The number of H-pyrrole nitrogens is 1. The van der Waals surface area contributed by atoms with Crippen LogP contribution < -0.4 is 14.0 Å². The summed E-state index contributed by atoms with van der Waals surface area (Å²) in [4.78, 5) is 17.8. The number of carbonyl (C=O) groups is 1. The van der Waals surface area contributed by atoms with Gasteiger partial charge in [-0.1, -0.05) is 113 Å². The number of amides is 1. The molecule has 43 heavy (non-hydrogen) atoms. The Bertz CT molecular complexity index is 1400. The van der Waals surface area contributed by atoms with E-state index in [0.717, 1.165) is 35.4 Å². The maximum absolute atomic E-state index is 12.7. The lowest BCUT2D eigenvalue weighted by atomic mass is 10.1. The highest BCUT2D eigenvalue weighted by Crippen LogP contribution is 2.28. The average molecular weight is 603 g/mol. The van der Waals surface area contributed by atoms with Crippen molar-refractivity contribution < 1.29 is 13.9 Å². The van der Waals surface area contributed by atoms with Gasteiger partial charge in [0, 0.05) is 12.6 Å². The predicted octanol–water partition coefficient (Wildman–Crippen LogP) is 9.63. The number of imidazole rings is 1. The van der Waals surface area contributed by atoms with Gasteiger partial charge in [0.2, 0.25) is 5.91 Å². The van der Waals surface area contributed by atoms with E-state index in [1.54, 1.807) is 11.8 Å². The molecular weight excluding hydrogens is 554 g/mol. The lowest BCUT2D eigenvalue weighted by Gasteiger charge is -2.22. The van der Waals surface area contributed by atoms with Crippen molar-refractivity contribution in [2.75, 3.05) is 11.5 Å². The standard InChI is InChI=1S/C37H48ClN3O2/c1-3-4-5-6-7-8-9-10-11-12-13-16-25-43-36-26-32(20-23-35(36)38)29-41(30(2)42)33-21-18-31(19-22-33)27-37-39-28-34-17-14-15-24-40(34)37/h14-15,17-24,26,28H,3-13,16,25,27,29H2,1-2H3/p+1. The summed E-state index contributed by atoms with van der Waals surface area (Å²) in [7, 11) is 0. The van der Waals surface area contributed by atoms with E-state index in [1.165, 1.54) is 76.2 Å². The van der Waals surface area contributed by atoms with Crippen LogP contribution in [0.2, 0.25) is 5.02 Å². The second-order valence-electron chi connectivity index (χ2n) is 11.7. The number of hydrogen-bond donors (Lipinski definition) is 1. The monoisotopic (exact) mass is 602 g/mol. The molecule has 0 radical (unpaired) electrons. The molecule has 230 valence electrons. The number of carbonyl (C=O) groups excluding carboxylic acids is 1. The van der Waals surface area contributed by atoms with Crippen molar-refractivity contribution in [2.45, 2.75) is 104 Å². The van der Waals surface area contributed by atoms with Gasteiger partial charge in [-0.3, -0.25) is 4.79 Å². The van der Waals surface area contributed by atoms with Crippen LogP contribution in [0.4, 0.5) is 5.69 Å². The van der Waals surface area contributed by atoms with Crippen LogP contribution in [0.25, 0.3) is 5.52 Å². The molecule has 2 heterocycles. The predicted molar refractivity (Wildman–Crippen MR) is 178 cm³/mol. The molecule has 0 aliphatic carbocycles. The van der Waals surface area contributed by atoms with E-state index in [1.807, 2.05) is 48.7 Å². The number of anilines is 1. The minimum absolute atomic E-state index is 0.00687. The highest BCUT2D eigenvalue weighted by atomic mass is 35.5. The number of ether oxygens (including phenoxy) is 1. The smallest absolute Gasteiger partial charge is 0.263 e. The van der Waals surface area contributed by atoms with E-state index >= 15 is 0 Å². The molecular formula is C37H49ClN3O2+. The number of hydrogen-bond acceptors (Lipinski definition) is 2. The summed E-state index contributed by atoms with van der Waals surface area (Å²) in [5.41, 5.74) is 4.17. The van der Waals surface area contributed by atoms with Crippen LogP contribution in [0.15, 0.2) is 73.1 Å². The van der Waals surface area contributed by atoms with E-state index in [2.05, 4.69) is 40.7 Å². The number of nitrogens with one attached hydrogen (secondary N) is 1. The molecule has 0 atom stereocenters. The van der Waals surface area contributed by atoms with Gasteiger partial charge in [-0.05, 0) is 53.9 Å².